The molecule has 0 aromatic carbocycles. The normalized spacial score (nSPS) is 22.1. The van der Waals surface area contributed by atoms with Crippen molar-refractivity contribution in [2.75, 3.05) is 26.7 Å². The average Bonchev–Trinajstić information content (AvgIpc) is 2.89. The standard InChI is InChI=1S/C14H22N4O3/c1-14(13(20)15-2)10-18(8-9-21-14)12(19)5-4-11-6-7-16-17(11)3/h6-7H,4-5,8-10H2,1-3H3,(H,15,20)/t14-/m0/s1. The Hall–Kier alpha value is -1.89. The Morgan fingerprint density at radius 3 is 2.90 bits per heavy atom. The predicted octanol–water partition coefficient (Wildman–Crippen LogP) is -0.284. The van der Waals surface area contributed by atoms with Gasteiger partial charge in [-0.05, 0) is 19.4 Å². The van der Waals surface area contributed by atoms with Gasteiger partial charge in [-0.25, -0.2) is 0 Å². The van der Waals surface area contributed by atoms with Gasteiger partial charge in [0.15, 0.2) is 5.60 Å². The number of morpholine rings is 1. The van der Waals surface area contributed by atoms with Gasteiger partial charge in [-0.3, -0.25) is 14.3 Å². The molecule has 21 heavy (non-hydrogen) atoms. The molecule has 1 aliphatic rings. The van der Waals surface area contributed by atoms with E-state index in [2.05, 4.69) is 10.4 Å². The highest BCUT2D eigenvalue weighted by molar-refractivity contribution is 5.86. The fraction of sp³-hybridized carbons (Fsp3) is 0.643. The van der Waals surface area contributed by atoms with Crippen LogP contribution in [0.3, 0.4) is 0 Å². The van der Waals surface area contributed by atoms with Crippen LogP contribution in [0, 0.1) is 0 Å². The van der Waals surface area contributed by atoms with Crippen LogP contribution in [0.5, 0.6) is 0 Å². The molecule has 1 saturated heterocycles. The number of likely N-dealkylation sites (N-methyl/N-ethyl adjacent to an activating group) is 1. The molecular formula is C14H22N4O3. The lowest BCUT2D eigenvalue weighted by molar-refractivity contribution is -0.162. The summed E-state index contributed by atoms with van der Waals surface area (Å²) in [6.45, 7) is 2.90. The highest BCUT2D eigenvalue weighted by Crippen LogP contribution is 2.19. The first-order valence-corrected chi connectivity index (χ1v) is 7.07. The molecule has 1 aromatic heterocycles. The van der Waals surface area contributed by atoms with Crippen LogP contribution in [0.15, 0.2) is 12.3 Å². The molecular weight excluding hydrogens is 272 g/mol. The number of ether oxygens (including phenoxy) is 1. The number of hydrogen-bond acceptors (Lipinski definition) is 4. The Kier molecular flexibility index (Phi) is 4.62. The van der Waals surface area contributed by atoms with Crippen LogP contribution < -0.4 is 5.32 Å². The molecule has 1 aliphatic heterocycles. The van der Waals surface area contributed by atoms with Crippen LogP contribution >= 0.6 is 0 Å². The third-order valence-corrected chi connectivity index (χ3v) is 3.85. The number of hydrogen-bond donors (Lipinski definition) is 1. The van der Waals surface area contributed by atoms with Crippen molar-refractivity contribution < 1.29 is 14.3 Å². The second-order valence-electron chi connectivity index (χ2n) is 5.42. The lowest BCUT2D eigenvalue weighted by Gasteiger charge is -2.39. The van der Waals surface area contributed by atoms with Crippen molar-refractivity contribution in [1.29, 1.82) is 0 Å². The van der Waals surface area contributed by atoms with E-state index in [1.807, 2.05) is 13.1 Å². The molecule has 7 nitrogen and oxygen atoms in total. The first-order valence-electron chi connectivity index (χ1n) is 7.07. The molecule has 0 unspecified atom stereocenters. The summed E-state index contributed by atoms with van der Waals surface area (Å²) in [7, 11) is 3.43. The monoisotopic (exact) mass is 294 g/mol. The number of carbonyl (C=O) groups is 2. The second kappa shape index (κ2) is 6.26. The summed E-state index contributed by atoms with van der Waals surface area (Å²) in [5.74, 6) is -0.165. The van der Waals surface area contributed by atoms with Crippen molar-refractivity contribution >= 4 is 11.8 Å². The molecule has 0 saturated carbocycles. The van der Waals surface area contributed by atoms with Gasteiger partial charge < -0.3 is 15.0 Å². The Morgan fingerprint density at radius 2 is 2.29 bits per heavy atom. The van der Waals surface area contributed by atoms with E-state index in [1.54, 1.807) is 29.7 Å². The van der Waals surface area contributed by atoms with Crippen molar-refractivity contribution in [3.05, 3.63) is 18.0 Å². The molecule has 0 radical (unpaired) electrons. The lowest BCUT2D eigenvalue weighted by Crippen LogP contribution is -2.58. The molecule has 1 N–H and O–H groups in total. The van der Waals surface area contributed by atoms with Gasteiger partial charge in [0, 0.05) is 39.0 Å². The zero-order chi connectivity index (χ0) is 15.5. The number of aryl methyl sites for hydroxylation is 2. The topological polar surface area (TPSA) is 76.5 Å². The minimum Gasteiger partial charge on any atom is -0.362 e. The zero-order valence-electron chi connectivity index (χ0n) is 12.8. The summed E-state index contributed by atoms with van der Waals surface area (Å²) in [5.41, 5.74) is 0.0560. The van der Waals surface area contributed by atoms with E-state index in [-0.39, 0.29) is 18.4 Å². The van der Waals surface area contributed by atoms with Gasteiger partial charge in [0.25, 0.3) is 5.91 Å². The fourth-order valence-electron chi connectivity index (χ4n) is 2.52. The Labute approximate surface area is 124 Å². The van der Waals surface area contributed by atoms with Gasteiger partial charge >= 0.3 is 0 Å². The van der Waals surface area contributed by atoms with Crippen molar-refractivity contribution in [2.24, 2.45) is 7.05 Å². The Balaban J connectivity index is 1.93. The molecule has 2 rings (SSSR count). The molecule has 2 amide bonds. The van der Waals surface area contributed by atoms with E-state index in [1.165, 1.54) is 0 Å². The SMILES string of the molecule is CNC(=O)[C@]1(C)CN(C(=O)CCc2ccnn2C)CCO1. The smallest absolute Gasteiger partial charge is 0.253 e. The zero-order valence-corrected chi connectivity index (χ0v) is 12.8. The van der Waals surface area contributed by atoms with Crippen LogP contribution in [0.25, 0.3) is 0 Å². The van der Waals surface area contributed by atoms with E-state index in [4.69, 9.17) is 4.74 Å². The molecule has 0 bridgehead atoms. The number of amides is 2. The minimum absolute atomic E-state index is 0.0367. The van der Waals surface area contributed by atoms with Gasteiger partial charge in [0.1, 0.15) is 0 Å². The molecule has 0 spiro atoms. The minimum atomic E-state index is -0.963. The molecule has 0 aliphatic carbocycles. The quantitative estimate of drug-likeness (QED) is 0.828. The number of nitrogens with zero attached hydrogens (tertiary/aromatic N) is 3. The molecule has 2 heterocycles. The van der Waals surface area contributed by atoms with Gasteiger partial charge in [0.2, 0.25) is 5.91 Å². The number of nitrogens with one attached hydrogen (secondary N) is 1. The highest BCUT2D eigenvalue weighted by Gasteiger charge is 2.39. The first-order chi connectivity index (χ1) is 9.96. The molecule has 116 valence electrons. The Morgan fingerprint density at radius 1 is 1.52 bits per heavy atom. The summed E-state index contributed by atoms with van der Waals surface area (Å²) in [6.07, 6.45) is 2.77. The summed E-state index contributed by atoms with van der Waals surface area (Å²) in [5, 5.41) is 6.67. The van der Waals surface area contributed by atoms with Gasteiger partial charge in [-0.1, -0.05) is 0 Å². The van der Waals surface area contributed by atoms with Crippen molar-refractivity contribution in [2.45, 2.75) is 25.4 Å². The maximum absolute atomic E-state index is 12.3. The summed E-state index contributed by atoms with van der Waals surface area (Å²) >= 11 is 0. The van der Waals surface area contributed by atoms with Crippen molar-refractivity contribution in [1.82, 2.24) is 20.0 Å². The van der Waals surface area contributed by atoms with E-state index in [9.17, 15) is 9.59 Å². The predicted molar refractivity (Wildman–Crippen MR) is 76.5 cm³/mol. The third kappa shape index (κ3) is 3.41. The Bertz CT molecular complexity index is 528. The lowest BCUT2D eigenvalue weighted by atomic mass is 10.0. The fourth-order valence-corrected chi connectivity index (χ4v) is 2.52. The average molecular weight is 294 g/mol. The van der Waals surface area contributed by atoms with Crippen LogP contribution in [-0.4, -0.2) is 58.8 Å². The largest absolute Gasteiger partial charge is 0.362 e. The highest BCUT2D eigenvalue weighted by atomic mass is 16.5. The van der Waals surface area contributed by atoms with Gasteiger partial charge in [-0.15, -0.1) is 0 Å². The van der Waals surface area contributed by atoms with Crippen LogP contribution in [0.2, 0.25) is 0 Å². The first kappa shape index (κ1) is 15.5. The maximum Gasteiger partial charge on any atom is 0.253 e. The van der Waals surface area contributed by atoms with Crippen molar-refractivity contribution in [3.63, 3.8) is 0 Å². The number of carbonyl (C=O) groups excluding carboxylic acids is 2. The second-order valence-corrected chi connectivity index (χ2v) is 5.42. The van der Waals surface area contributed by atoms with Gasteiger partial charge in [0.05, 0.1) is 13.2 Å². The number of aromatic nitrogens is 2. The molecule has 7 heteroatoms. The molecule has 1 aromatic rings. The van der Waals surface area contributed by atoms with Crippen LogP contribution in [0.4, 0.5) is 0 Å². The molecule has 1 atom stereocenters. The van der Waals surface area contributed by atoms with Crippen LogP contribution in [0.1, 0.15) is 19.0 Å². The van der Waals surface area contributed by atoms with E-state index in [0.717, 1.165) is 5.69 Å². The maximum atomic E-state index is 12.3. The van der Waals surface area contributed by atoms with Crippen LogP contribution in [-0.2, 0) is 27.8 Å². The molecule has 1 fully saturated rings. The summed E-state index contributed by atoms with van der Waals surface area (Å²) < 4.78 is 7.31. The number of rotatable bonds is 4. The summed E-state index contributed by atoms with van der Waals surface area (Å²) in [4.78, 5) is 25.9. The van der Waals surface area contributed by atoms with E-state index < -0.39 is 5.60 Å². The van der Waals surface area contributed by atoms with Crippen molar-refractivity contribution in [3.8, 4) is 0 Å². The van der Waals surface area contributed by atoms with Gasteiger partial charge in [-0.2, -0.15) is 5.10 Å². The summed E-state index contributed by atoms with van der Waals surface area (Å²) in [6, 6.07) is 1.90. The van der Waals surface area contributed by atoms with E-state index >= 15 is 0 Å². The van der Waals surface area contributed by atoms with E-state index in [0.29, 0.717) is 26.0 Å². The third-order valence-electron chi connectivity index (χ3n) is 3.85.